The highest BCUT2D eigenvalue weighted by Crippen LogP contribution is 2.26. The molecular formula is C23H28Cl2N2O2. The van der Waals surface area contributed by atoms with Crippen LogP contribution in [0.3, 0.4) is 0 Å². The van der Waals surface area contributed by atoms with Crippen LogP contribution in [0.25, 0.3) is 0 Å². The number of benzene rings is 2. The lowest BCUT2D eigenvalue weighted by Gasteiger charge is -2.31. The molecule has 0 aliphatic heterocycles. The zero-order valence-corrected chi connectivity index (χ0v) is 18.8. The molecule has 0 fully saturated rings. The maximum Gasteiger partial charge on any atom is 0.243 e. The van der Waals surface area contributed by atoms with E-state index in [1.807, 2.05) is 52.0 Å². The molecule has 2 aromatic carbocycles. The lowest BCUT2D eigenvalue weighted by atomic mass is 10.1. The van der Waals surface area contributed by atoms with E-state index in [4.69, 9.17) is 23.2 Å². The van der Waals surface area contributed by atoms with Gasteiger partial charge < -0.3 is 10.2 Å². The largest absolute Gasteiger partial charge is 0.352 e. The van der Waals surface area contributed by atoms with Gasteiger partial charge in [0.15, 0.2) is 0 Å². The number of rotatable bonds is 8. The fourth-order valence-corrected chi connectivity index (χ4v) is 3.79. The van der Waals surface area contributed by atoms with E-state index in [0.717, 1.165) is 11.1 Å². The van der Waals surface area contributed by atoms with Gasteiger partial charge in [-0.1, -0.05) is 66.0 Å². The summed E-state index contributed by atoms with van der Waals surface area (Å²) < 4.78 is 0. The predicted octanol–water partition coefficient (Wildman–Crippen LogP) is 5.18. The van der Waals surface area contributed by atoms with Crippen molar-refractivity contribution in [2.75, 3.05) is 0 Å². The number of hydrogen-bond acceptors (Lipinski definition) is 2. The molecule has 0 saturated heterocycles. The summed E-state index contributed by atoms with van der Waals surface area (Å²) in [6.45, 7) is 8.06. The van der Waals surface area contributed by atoms with Crippen LogP contribution in [0.4, 0.5) is 0 Å². The summed E-state index contributed by atoms with van der Waals surface area (Å²) in [5, 5.41) is 3.82. The maximum atomic E-state index is 13.3. The normalized spacial score (nSPS) is 12.0. The number of nitrogens with one attached hydrogen (secondary N) is 1. The summed E-state index contributed by atoms with van der Waals surface area (Å²) in [7, 11) is 0. The van der Waals surface area contributed by atoms with Gasteiger partial charge in [-0.05, 0) is 50.5 Å². The number of hydrogen-bond donors (Lipinski definition) is 1. The lowest BCUT2D eigenvalue weighted by Crippen LogP contribution is -2.50. The zero-order valence-electron chi connectivity index (χ0n) is 17.3. The first-order valence-electron chi connectivity index (χ1n) is 9.81. The number of aryl methyl sites for hydroxylation is 1. The quantitative estimate of drug-likeness (QED) is 0.622. The van der Waals surface area contributed by atoms with Gasteiger partial charge in [0.05, 0.1) is 6.42 Å². The third kappa shape index (κ3) is 6.48. The second-order valence-corrected chi connectivity index (χ2v) is 8.29. The SMILES string of the molecule is CC[C@@H](C(=O)NC(C)C)N(Cc1cccc(C)c1)C(=O)Cc1c(Cl)cccc1Cl. The van der Waals surface area contributed by atoms with E-state index >= 15 is 0 Å². The van der Waals surface area contributed by atoms with Crippen molar-refractivity contribution in [2.24, 2.45) is 0 Å². The predicted molar refractivity (Wildman–Crippen MR) is 119 cm³/mol. The molecule has 6 heteroatoms. The topological polar surface area (TPSA) is 49.4 Å². The molecule has 0 aromatic heterocycles. The first-order chi connectivity index (χ1) is 13.7. The highest BCUT2D eigenvalue weighted by atomic mass is 35.5. The molecule has 0 aliphatic rings. The summed E-state index contributed by atoms with van der Waals surface area (Å²) in [6, 6.07) is 12.5. The van der Waals surface area contributed by atoms with Gasteiger partial charge in [0.1, 0.15) is 6.04 Å². The Bertz CT molecular complexity index is 847. The van der Waals surface area contributed by atoms with Gasteiger partial charge in [0.2, 0.25) is 11.8 Å². The van der Waals surface area contributed by atoms with Crippen molar-refractivity contribution in [3.63, 3.8) is 0 Å². The van der Waals surface area contributed by atoms with E-state index in [2.05, 4.69) is 5.32 Å². The van der Waals surface area contributed by atoms with Crippen LogP contribution in [0.2, 0.25) is 10.0 Å². The van der Waals surface area contributed by atoms with Gasteiger partial charge >= 0.3 is 0 Å². The van der Waals surface area contributed by atoms with Gasteiger partial charge in [-0.25, -0.2) is 0 Å². The van der Waals surface area contributed by atoms with Crippen molar-refractivity contribution in [3.8, 4) is 0 Å². The second-order valence-electron chi connectivity index (χ2n) is 7.48. The first-order valence-corrected chi connectivity index (χ1v) is 10.6. The van der Waals surface area contributed by atoms with E-state index in [1.165, 1.54) is 0 Å². The molecule has 0 saturated carbocycles. The van der Waals surface area contributed by atoms with Crippen molar-refractivity contribution in [3.05, 3.63) is 69.2 Å². The Kier molecular flexibility index (Phi) is 8.54. The molecule has 0 aliphatic carbocycles. The summed E-state index contributed by atoms with van der Waals surface area (Å²) >= 11 is 12.5. The van der Waals surface area contributed by atoms with Gasteiger partial charge in [0, 0.05) is 22.6 Å². The zero-order chi connectivity index (χ0) is 21.6. The van der Waals surface area contributed by atoms with Crippen LogP contribution in [0.15, 0.2) is 42.5 Å². The van der Waals surface area contributed by atoms with E-state index < -0.39 is 6.04 Å². The second kappa shape index (κ2) is 10.7. The molecule has 0 unspecified atom stereocenters. The Morgan fingerprint density at radius 1 is 1.07 bits per heavy atom. The van der Waals surface area contributed by atoms with Crippen LogP contribution in [0, 0.1) is 6.92 Å². The van der Waals surface area contributed by atoms with Crippen molar-refractivity contribution in [1.29, 1.82) is 0 Å². The summed E-state index contributed by atoms with van der Waals surface area (Å²) in [4.78, 5) is 27.8. The lowest BCUT2D eigenvalue weighted by molar-refractivity contribution is -0.141. The Hall–Kier alpha value is -2.04. The Morgan fingerprint density at radius 3 is 2.24 bits per heavy atom. The number of halogens is 2. The van der Waals surface area contributed by atoms with Crippen LogP contribution in [0.5, 0.6) is 0 Å². The van der Waals surface area contributed by atoms with E-state index in [-0.39, 0.29) is 24.3 Å². The van der Waals surface area contributed by atoms with E-state index in [9.17, 15) is 9.59 Å². The first kappa shape index (κ1) is 23.2. The molecule has 4 nitrogen and oxygen atoms in total. The Balaban J connectivity index is 2.36. The van der Waals surface area contributed by atoms with Crippen LogP contribution in [-0.4, -0.2) is 28.8 Å². The number of carbonyl (C=O) groups excluding carboxylic acids is 2. The van der Waals surface area contributed by atoms with Gasteiger partial charge in [-0.15, -0.1) is 0 Å². The molecule has 1 N–H and O–H groups in total. The van der Waals surface area contributed by atoms with Gasteiger partial charge in [-0.2, -0.15) is 0 Å². The summed E-state index contributed by atoms with van der Waals surface area (Å²) in [6.07, 6.45) is 0.544. The molecule has 29 heavy (non-hydrogen) atoms. The van der Waals surface area contributed by atoms with Gasteiger partial charge in [-0.3, -0.25) is 9.59 Å². The number of carbonyl (C=O) groups is 2. The monoisotopic (exact) mass is 434 g/mol. The fraction of sp³-hybridized carbons (Fsp3) is 0.391. The van der Waals surface area contributed by atoms with Gasteiger partial charge in [0.25, 0.3) is 0 Å². The van der Waals surface area contributed by atoms with E-state index in [0.29, 0.717) is 28.6 Å². The van der Waals surface area contributed by atoms with Crippen molar-refractivity contribution in [1.82, 2.24) is 10.2 Å². The third-order valence-corrected chi connectivity index (χ3v) is 5.35. The maximum absolute atomic E-state index is 13.3. The number of nitrogens with zero attached hydrogens (tertiary/aromatic N) is 1. The van der Waals surface area contributed by atoms with Crippen LogP contribution in [0.1, 0.15) is 43.9 Å². The highest BCUT2D eigenvalue weighted by Gasteiger charge is 2.29. The molecule has 0 heterocycles. The minimum atomic E-state index is -0.577. The van der Waals surface area contributed by atoms with Crippen molar-refractivity contribution >= 4 is 35.0 Å². The van der Waals surface area contributed by atoms with E-state index in [1.54, 1.807) is 23.1 Å². The van der Waals surface area contributed by atoms with Crippen LogP contribution >= 0.6 is 23.2 Å². The molecule has 156 valence electrons. The average Bonchev–Trinajstić information content (AvgIpc) is 2.64. The van der Waals surface area contributed by atoms with Crippen LogP contribution < -0.4 is 5.32 Å². The smallest absolute Gasteiger partial charge is 0.243 e. The summed E-state index contributed by atoms with van der Waals surface area (Å²) in [5.74, 6) is -0.346. The van der Waals surface area contributed by atoms with Crippen molar-refractivity contribution < 1.29 is 9.59 Å². The molecule has 0 bridgehead atoms. The molecule has 2 amide bonds. The molecule has 2 rings (SSSR count). The molecule has 2 aromatic rings. The van der Waals surface area contributed by atoms with Crippen molar-refractivity contribution in [2.45, 2.75) is 59.2 Å². The average molecular weight is 435 g/mol. The highest BCUT2D eigenvalue weighted by molar-refractivity contribution is 6.36. The Morgan fingerprint density at radius 2 is 1.69 bits per heavy atom. The van der Waals surface area contributed by atoms with Crippen LogP contribution in [-0.2, 0) is 22.6 Å². The Labute approximate surface area is 183 Å². The summed E-state index contributed by atoms with van der Waals surface area (Å²) in [5.41, 5.74) is 2.65. The molecule has 0 spiro atoms. The minimum Gasteiger partial charge on any atom is -0.352 e. The fourth-order valence-electron chi connectivity index (χ4n) is 3.26. The minimum absolute atomic E-state index is 0.00881. The molecule has 0 radical (unpaired) electrons. The molecular weight excluding hydrogens is 407 g/mol. The number of amides is 2. The molecule has 1 atom stereocenters. The third-order valence-electron chi connectivity index (χ3n) is 4.64. The standard InChI is InChI=1S/C23H28Cl2N2O2/c1-5-21(23(29)26-15(2)3)27(14-17-9-6-8-16(4)12-17)22(28)13-18-19(24)10-7-11-20(18)25/h6-12,15,21H,5,13-14H2,1-4H3,(H,26,29)/t21-/m0/s1.